The van der Waals surface area contributed by atoms with Gasteiger partial charge in [-0.15, -0.1) is 0 Å². The summed E-state index contributed by atoms with van der Waals surface area (Å²) in [5.41, 5.74) is 0.776. The molecule has 136 valence electrons. The number of ether oxygens (including phenoxy) is 1. The van der Waals surface area contributed by atoms with E-state index in [2.05, 4.69) is 10.1 Å². The Morgan fingerprint density at radius 3 is 2.74 bits per heavy atom. The standard InChI is InChI=1S/C18H12ClN3O5/c19-14-7-3-2-6-13(14)18-20-16(27-21-18)11-26-17(23)10-9-12-5-1-4-8-15(12)22(24)25/h1-10H,11H2/b10-9+. The molecule has 0 aliphatic heterocycles. The van der Waals surface area contributed by atoms with Gasteiger partial charge in [0.1, 0.15) is 0 Å². The van der Waals surface area contributed by atoms with Crippen LogP contribution in [0.15, 0.2) is 59.1 Å². The number of rotatable bonds is 6. The SMILES string of the molecule is O=C(/C=C/c1ccccc1[N+](=O)[O-])OCc1nc(-c2ccccc2Cl)no1. The monoisotopic (exact) mass is 385 g/mol. The van der Waals surface area contributed by atoms with Gasteiger partial charge in [0.15, 0.2) is 6.61 Å². The molecule has 0 bridgehead atoms. The molecule has 0 aliphatic carbocycles. The molecule has 0 amide bonds. The van der Waals surface area contributed by atoms with Gasteiger partial charge in [-0.25, -0.2) is 4.79 Å². The molecule has 0 unspecified atom stereocenters. The Kier molecular flexibility index (Phi) is 5.58. The van der Waals surface area contributed by atoms with Gasteiger partial charge in [0.05, 0.1) is 15.5 Å². The second-order valence-corrected chi connectivity index (χ2v) is 5.66. The molecule has 1 aromatic heterocycles. The fourth-order valence-electron chi connectivity index (χ4n) is 2.20. The maximum atomic E-state index is 11.8. The van der Waals surface area contributed by atoms with Crippen LogP contribution in [0, 0.1) is 10.1 Å². The molecule has 2 aromatic carbocycles. The summed E-state index contributed by atoms with van der Waals surface area (Å²) in [6.07, 6.45) is 2.40. The van der Waals surface area contributed by atoms with Crippen molar-refractivity contribution in [2.75, 3.05) is 0 Å². The first kappa shape index (κ1) is 18.3. The third-order valence-electron chi connectivity index (χ3n) is 3.45. The Labute approximate surface area is 158 Å². The van der Waals surface area contributed by atoms with Crippen LogP contribution in [-0.2, 0) is 16.1 Å². The lowest BCUT2D eigenvalue weighted by Gasteiger charge is -1.98. The van der Waals surface area contributed by atoms with Gasteiger partial charge in [-0.3, -0.25) is 10.1 Å². The molecule has 1 heterocycles. The van der Waals surface area contributed by atoms with Gasteiger partial charge in [0, 0.05) is 17.7 Å². The van der Waals surface area contributed by atoms with E-state index in [1.54, 1.807) is 36.4 Å². The predicted octanol–water partition coefficient (Wildman–Crippen LogP) is 4.05. The van der Waals surface area contributed by atoms with Crippen molar-refractivity contribution < 1.29 is 19.0 Å². The van der Waals surface area contributed by atoms with Crippen LogP contribution in [0.5, 0.6) is 0 Å². The smallest absolute Gasteiger partial charge is 0.331 e. The predicted molar refractivity (Wildman–Crippen MR) is 96.7 cm³/mol. The number of nitrogens with zero attached hydrogens (tertiary/aromatic N) is 3. The van der Waals surface area contributed by atoms with Gasteiger partial charge < -0.3 is 9.26 Å². The first-order valence-electron chi connectivity index (χ1n) is 7.70. The van der Waals surface area contributed by atoms with Gasteiger partial charge in [-0.05, 0) is 24.3 Å². The Bertz CT molecular complexity index is 1020. The molecule has 3 rings (SSSR count). The average Bonchev–Trinajstić information content (AvgIpc) is 3.14. The van der Waals surface area contributed by atoms with E-state index < -0.39 is 10.9 Å². The molecule has 0 radical (unpaired) electrons. The molecule has 0 fully saturated rings. The van der Waals surface area contributed by atoms with Crippen molar-refractivity contribution in [1.82, 2.24) is 10.1 Å². The number of halogens is 1. The van der Waals surface area contributed by atoms with E-state index in [0.29, 0.717) is 16.1 Å². The minimum atomic E-state index is -0.703. The van der Waals surface area contributed by atoms with Gasteiger partial charge in [-0.1, -0.05) is 41.0 Å². The van der Waals surface area contributed by atoms with Gasteiger partial charge in [0.25, 0.3) is 11.6 Å². The van der Waals surface area contributed by atoms with E-state index in [1.807, 2.05) is 0 Å². The number of nitro benzene ring substituents is 1. The molecule has 0 aliphatic rings. The highest BCUT2D eigenvalue weighted by molar-refractivity contribution is 6.33. The van der Waals surface area contributed by atoms with Gasteiger partial charge in [0.2, 0.25) is 5.82 Å². The van der Waals surface area contributed by atoms with E-state index in [1.165, 1.54) is 18.2 Å². The van der Waals surface area contributed by atoms with Gasteiger partial charge in [-0.2, -0.15) is 4.98 Å². The number of hydrogen-bond donors (Lipinski definition) is 0. The Morgan fingerprint density at radius 2 is 1.96 bits per heavy atom. The highest BCUT2D eigenvalue weighted by Gasteiger charge is 2.13. The van der Waals surface area contributed by atoms with Crippen molar-refractivity contribution in [3.05, 3.63) is 81.2 Å². The summed E-state index contributed by atoms with van der Waals surface area (Å²) in [6.45, 7) is -0.239. The summed E-state index contributed by atoms with van der Waals surface area (Å²) >= 11 is 6.07. The van der Waals surface area contributed by atoms with Crippen molar-refractivity contribution in [2.24, 2.45) is 0 Å². The van der Waals surface area contributed by atoms with Crippen LogP contribution in [-0.4, -0.2) is 21.0 Å². The molecule has 0 saturated heterocycles. The molecule has 8 nitrogen and oxygen atoms in total. The van der Waals surface area contributed by atoms with Crippen LogP contribution < -0.4 is 0 Å². The quantitative estimate of drug-likeness (QED) is 0.272. The lowest BCUT2D eigenvalue weighted by Crippen LogP contribution is -2.01. The Morgan fingerprint density at radius 1 is 1.22 bits per heavy atom. The number of carbonyl (C=O) groups is 1. The number of nitro groups is 1. The molecular formula is C18H12ClN3O5. The van der Waals surface area contributed by atoms with E-state index in [0.717, 1.165) is 6.08 Å². The fourth-order valence-corrected chi connectivity index (χ4v) is 2.42. The number of carbonyl (C=O) groups excluding carboxylic acids is 1. The lowest BCUT2D eigenvalue weighted by atomic mass is 10.1. The van der Waals surface area contributed by atoms with Crippen LogP contribution in [0.1, 0.15) is 11.5 Å². The van der Waals surface area contributed by atoms with Crippen LogP contribution >= 0.6 is 11.6 Å². The number of hydrogen-bond acceptors (Lipinski definition) is 7. The summed E-state index contributed by atoms with van der Waals surface area (Å²) < 4.78 is 10.0. The number of aromatic nitrogens is 2. The summed E-state index contributed by atoms with van der Waals surface area (Å²) in [5, 5.41) is 15.2. The Balaban J connectivity index is 1.62. The van der Waals surface area contributed by atoms with Crippen LogP contribution in [0.25, 0.3) is 17.5 Å². The number of esters is 1. The summed E-state index contributed by atoms with van der Waals surface area (Å²) in [5.74, 6) is -0.329. The number of benzene rings is 2. The van der Waals surface area contributed by atoms with E-state index >= 15 is 0 Å². The zero-order valence-corrected chi connectivity index (χ0v) is 14.5. The third-order valence-corrected chi connectivity index (χ3v) is 3.78. The van der Waals surface area contributed by atoms with Crippen molar-refractivity contribution in [3.63, 3.8) is 0 Å². The average molecular weight is 386 g/mol. The fraction of sp³-hybridized carbons (Fsp3) is 0.0556. The molecule has 27 heavy (non-hydrogen) atoms. The summed E-state index contributed by atoms with van der Waals surface area (Å²) in [6, 6.07) is 13.0. The van der Waals surface area contributed by atoms with E-state index in [4.69, 9.17) is 20.9 Å². The molecule has 0 N–H and O–H groups in total. The topological polar surface area (TPSA) is 108 Å². The summed E-state index contributed by atoms with van der Waals surface area (Å²) in [7, 11) is 0. The van der Waals surface area contributed by atoms with Crippen LogP contribution in [0.4, 0.5) is 5.69 Å². The first-order valence-corrected chi connectivity index (χ1v) is 8.08. The van der Waals surface area contributed by atoms with Crippen molar-refractivity contribution >= 4 is 29.3 Å². The maximum absolute atomic E-state index is 11.8. The molecule has 9 heteroatoms. The van der Waals surface area contributed by atoms with E-state index in [-0.39, 0.29) is 24.0 Å². The van der Waals surface area contributed by atoms with Gasteiger partial charge >= 0.3 is 5.97 Å². The molecular weight excluding hydrogens is 374 g/mol. The third kappa shape index (κ3) is 4.56. The van der Waals surface area contributed by atoms with Crippen molar-refractivity contribution in [2.45, 2.75) is 6.61 Å². The first-order chi connectivity index (χ1) is 13.0. The zero-order valence-electron chi connectivity index (χ0n) is 13.7. The molecule has 0 spiro atoms. The minimum absolute atomic E-state index is 0.0948. The zero-order chi connectivity index (χ0) is 19.2. The summed E-state index contributed by atoms with van der Waals surface area (Å²) in [4.78, 5) is 26.3. The lowest BCUT2D eigenvalue weighted by molar-refractivity contribution is -0.385. The van der Waals surface area contributed by atoms with Crippen LogP contribution in [0.3, 0.4) is 0 Å². The largest absolute Gasteiger partial charge is 0.452 e. The highest BCUT2D eigenvalue weighted by Crippen LogP contribution is 2.25. The highest BCUT2D eigenvalue weighted by atomic mass is 35.5. The Hall–Kier alpha value is -3.52. The molecule has 3 aromatic rings. The molecule has 0 saturated carbocycles. The second-order valence-electron chi connectivity index (χ2n) is 5.25. The van der Waals surface area contributed by atoms with E-state index in [9.17, 15) is 14.9 Å². The maximum Gasteiger partial charge on any atom is 0.331 e. The number of para-hydroxylation sites is 1. The minimum Gasteiger partial charge on any atom is -0.452 e. The normalized spacial score (nSPS) is 10.9. The van der Waals surface area contributed by atoms with Crippen molar-refractivity contribution in [3.8, 4) is 11.4 Å². The molecule has 0 atom stereocenters. The second kappa shape index (κ2) is 8.24. The van der Waals surface area contributed by atoms with Crippen molar-refractivity contribution in [1.29, 1.82) is 0 Å². The van der Waals surface area contributed by atoms with Crippen LogP contribution in [0.2, 0.25) is 5.02 Å².